The van der Waals surface area contributed by atoms with Gasteiger partial charge >= 0.3 is 0 Å². The summed E-state index contributed by atoms with van der Waals surface area (Å²) in [4.78, 5) is 49.0. The molecule has 0 aliphatic carbocycles. The van der Waals surface area contributed by atoms with E-state index in [9.17, 15) is 24.5 Å². The number of carbonyl (C=O) groups excluding carboxylic acids is 3. The van der Waals surface area contributed by atoms with Crippen molar-refractivity contribution in [3.05, 3.63) is 79.7 Å². The number of benzene rings is 2. The maximum absolute atomic E-state index is 12.8. The summed E-state index contributed by atoms with van der Waals surface area (Å²) >= 11 is 4.15. The first-order chi connectivity index (χ1) is 16.2. The Morgan fingerprint density at radius 2 is 1.94 bits per heavy atom. The SMILES string of the molecule is C=CCOc1c(Br)cc(/C=C2/SC(=O)N(CC(=O)c3ccc([N+](=O)[O-])cc3)C2=O)cc1OCC. The zero-order valence-electron chi connectivity index (χ0n) is 18.0. The summed E-state index contributed by atoms with van der Waals surface area (Å²) in [5.41, 5.74) is 0.589. The lowest BCUT2D eigenvalue weighted by atomic mass is 10.1. The van der Waals surface area contributed by atoms with Crippen LogP contribution >= 0.6 is 27.7 Å². The summed E-state index contributed by atoms with van der Waals surface area (Å²) in [5, 5.41) is 10.2. The Morgan fingerprint density at radius 3 is 2.56 bits per heavy atom. The van der Waals surface area contributed by atoms with Crippen LogP contribution in [0.3, 0.4) is 0 Å². The third-order valence-corrected chi connectivity index (χ3v) is 6.05. The quantitative estimate of drug-likeness (QED) is 0.130. The number of ether oxygens (including phenoxy) is 2. The number of carbonyl (C=O) groups is 3. The van der Waals surface area contributed by atoms with Gasteiger partial charge in [-0.05, 0) is 70.5 Å². The second-order valence-electron chi connectivity index (χ2n) is 6.86. The fourth-order valence-electron chi connectivity index (χ4n) is 3.01. The summed E-state index contributed by atoms with van der Waals surface area (Å²) in [6.45, 7) is 5.64. The first-order valence-corrected chi connectivity index (χ1v) is 11.6. The molecule has 1 heterocycles. The van der Waals surface area contributed by atoms with Crippen LogP contribution in [-0.4, -0.2) is 46.5 Å². The summed E-state index contributed by atoms with van der Waals surface area (Å²) in [6.07, 6.45) is 3.13. The lowest BCUT2D eigenvalue weighted by Gasteiger charge is -2.14. The standard InChI is InChI=1S/C23H19BrN2O7S/c1-3-9-33-21-17(24)10-14(11-19(21)32-4-2)12-20-22(28)25(23(29)34-20)13-18(27)15-5-7-16(8-6-15)26(30)31/h3,5-8,10-12H,1,4,9,13H2,2H3/b20-12+. The van der Waals surface area contributed by atoms with Crippen molar-refractivity contribution in [2.45, 2.75) is 6.92 Å². The number of thioether (sulfide) groups is 1. The van der Waals surface area contributed by atoms with Gasteiger partial charge in [0.25, 0.3) is 16.8 Å². The first-order valence-electron chi connectivity index (χ1n) is 9.98. The minimum atomic E-state index is -0.605. The van der Waals surface area contributed by atoms with Gasteiger partial charge in [-0.1, -0.05) is 12.7 Å². The van der Waals surface area contributed by atoms with Crippen molar-refractivity contribution in [2.24, 2.45) is 0 Å². The molecule has 1 saturated heterocycles. The van der Waals surface area contributed by atoms with E-state index in [-0.39, 0.29) is 22.8 Å². The number of amides is 2. The molecule has 2 aromatic rings. The minimum Gasteiger partial charge on any atom is -0.490 e. The zero-order chi connectivity index (χ0) is 24.8. The molecule has 0 unspecified atom stereocenters. The molecule has 9 nitrogen and oxygen atoms in total. The van der Waals surface area contributed by atoms with Gasteiger partial charge in [0.15, 0.2) is 17.3 Å². The largest absolute Gasteiger partial charge is 0.490 e. The predicted molar refractivity (Wildman–Crippen MR) is 131 cm³/mol. The average molecular weight is 547 g/mol. The van der Waals surface area contributed by atoms with Crippen LogP contribution in [0.2, 0.25) is 0 Å². The molecule has 1 fully saturated rings. The number of nitro groups is 1. The third-order valence-electron chi connectivity index (χ3n) is 4.55. The molecule has 11 heteroatoms. The van der Waals surface area contributed by atoms with Crippen molar-refractivity contribution in [1.29, 1.82) is 0 Å². The van der Waals surface area contributed by atoms with Crippen molar-refractivity contribution >= 4 is 56.4 Å². The van der Waals surface area contributed by atoms with Crippen LogP contribution in [0.5, 0.6) is 11.5 Å². The molecule has 1 aliphatic heterocycles. The molecule has 0 radical (unpaired) electrons. The third kappa shape index (κ3) is 5.72. The van der Waals surface area contributed by atoms with Crippen LogP contribution in [-0.2, 0) is 4.79 Å². The Morgan fingerprint density at radius 1 is 1.24 bits per heavy atom. The fourth-order valence-corrected chi connectivity index (χ4v) is 4.42. The van der Waals surface area contributed by atoms with E-state index in [0.29, 0.717) is 28.1 Å². The van der Waals surface area contributed by atoms with Crippen LogP contribution in [0.4, 0.5) is 10.5 Å². The average Bonchev–Trinajstić information content (AvgIpc) is 3.06. The van der Waals surface area contributed by atoms with Crippen LogP contribution in [0.25, 0.3) is 6.08 Å². The van der Waals surface area contributed by atoms with Gasteiger partial charge in [-0.3, -0.25) is 29.4 Å². The topological polar surface area (TPSA) is 116 Å². The molecule has 0 atom stereocenters. The van der Waals surface area contributed by atoms with Crippen molar-refractivity contribution in [3.8, 4) is 11.5 Å². The second kappa shape index (κ2) is 11.1. The van der Waals surface area contributed by atoms with Crippen LogP contribution in [0, 0.1) is 10.1 Å². The Labute approximate surface area is 207 Å². The number of nitrogens with zero attached hydrogens (tertiary/aromatic N) is 2. The molecule has 0 bridgehead atoms. The first kappa shape index (κ1) is 25.2. The minimum absolute atomic E-state index is 0.149. The summed E-state index contributed by atoms with van der Waals surface area (Å²) in [5.74, 6) is -0.173. The van der Waals surface area contributed by atoms with Crippen molar-refractivity contribution in [3.63, 3.8) is 0 Å². The molecule has 2 amide bonds. The zero-order valence-corrected chi connectivity index (χ0v) is 20.4. The van der Waals surface area contributed by atoms with E-state index in [0.717, 1.165) is 16.7 Å². The summed E-state index contributed by atoms with van der Waals surface area (Å²) < 4.78 is 11.9. The highest BCUT2D eigenvalue weighted by Gasteiger charge is 2.36. The molecule has 0 aromatic heterocycles. The number of nitro benzene ring substituents is 1. The number of hydrogen-bond acceptors (Lipinski definition) is 8. The van der Waals surface area contributed by atoms with Crippen LogP contribution in [0.1, 0.15) is 22.8 Å². The Balaban J connectivity index is 1.80. The van der Waals surface area contributed by atoms with Crippen molar-refractivity contribution in [1.82, 2.24) is 4.90 Å². The molecule has 0 saturated carbocycles. The lowest BCUT2D eigenvalue weighted by molar-refractivity contribution is -0.384. The molecular weight excluding hydrogens is 528 g/mol. The molecule has 1 aliphatic rings. The van der Waals surface area contributed by atoms with Gasteiger partial charge in [0.1, 0.15) is 6.61 Å². The maximum Gasteiger partial charge on any atom is 0.293 e. The number of ketones is 1. The second-order valence-corrected chi connectivity index (χ2v) is 8.71. The van der Waals surface area contributed by atoms with Gasteiger partial charge in [0.2, 0.25) is 0 Å². The lowest BCUT2D eigenvalue weighted by Crippen LogP contribution is -2.33. The summed E-state index contributed by atoms with van der Waals surface area (Å²) in [7, 11) is 0. The normalized spacial score (nSPS) is 14.4. The number of imide groups is 1. The van der Waals surface area contributed by atoms with E-state index in [2.05, 4.69) is 22.5 Å². The molecule has 176 valence electrons. The van der Waals surface area contributed by atoms with E-state index in [1.54, 1.807) is 18.2 Å². The highest BCUT2D eigenvalue weighted by atomic mass is 79.9. The highest BCUT2D eigenvalue weighted by Crippen LogP contribution is 2.39. The van der Waals surface area contributed by atoms with E-state index in [1.165, 1.54) is 30.3 Å². The number of hydrogen-bond donors (Lipinski definition) is 0. The van der Waals surface area contributed by atoms with Crippen molar-refractivity contribution in [2.75, 3.05) is 19.8 Å². The van der Waals surface area contributed by atoms with E-state index < -0.39 is 28.4 Å². The molecular formula is C23H19BrN2O7S. The Bertz CT molecular complexity index is 1190. The van der Waals surface area contributed by atoms with Gasteiger partial charge in [-0.25, -0.2) is 0 Å². The van der Waals surface area contributed by atoms with Crippen LogP contribution in [0.15, 0.2) is 58.4 Å². The number of halogens is 1. The van der Waals surface area contributed by atoms with Crippen molar-refractivity contribution < 1.29 is 28.8 Å². The highest BCUT2D eigenvalue weighted by molar-refractivity contribution is 9.10. The monoisotopic (exact) mass is 546 g/mol. The van der Waals surface area contributed by atoms with Crippen LogP contribution < -0.4 is 9.47 Å². The molecule has 2 aromatic carbocycles. The maximum atomic E-state index is 12.8. The van der Waals surface area contributed by atoms with Gasteiger partial charge in [-0.15, -0.1) is 0 Å². The molecule has 34 heavy (non-hydrogen) atoms. The predicted octanol–water partition coefficient (Wildman–Crippen LogP) is 5.24. The molecule has 0 spiro atoms. The van der Waals surface area contributed by atoms with E-state index >= 15 is 0 Å². The summed E-state index contributed by atoms with van der Waals surface area (Å²) in [6, 6.07) is 8.37. The fraction of sp³-hybridized carbons (Fsp3) is 0.174. The Hall–Kier alpha value is -3.44. The Kier molecular flexibility index (Phi) is 8.24. The van der Waals surface area contributed by atoms with E-state index in [1.807, 2.05) is 6.92 Å². The molecule has 3 rings (SSSR count). The smallest absolute Gasteiger partial charge is 0.293 e. The van der Waals surface area contributed by atoms with Gasteiger partial charge in [0.05, 0.1) is 27.5 Å². The van der Waals surface area contributed by atoms with Gasteiger partial charge < -0.3 is 9.47 Å². The van der Waals surface area contributed by atoms with Gasteiger partial charge in [0, 0.05) is 17.7 Å². The van der Waals surface area contributed by atoms with E-state index in [4.69, 9.17) is 9.47 Å². The number of Topliss-reactive ketones (excluding diaryl/α,β-unsaturated/α-hetero) is 1. The molecule has 0 N–H and O–H groups in total. The number of rotatable bonds is 10. The number of non-ortho nitro benzene ring substituents is 1. The van der Waals surface area contributed by atoms with Gasteiger partial charge in [-0.2, -0.15) is 0 Å².